The maximum absolute atomic E-state index is 12.3. The summed E-state index contributed by atoms with van der Waals surface area (Å²) < 4.78 is 10.2. The van der Waals surface area contributed by atoms with Gasteiger partial charge in [-0.25, -0.2) is 4.79 Å². The van der Waals surface area contributed by atoms with Crippen LogP contribution < -0.4 is 32.1 Å². The average Bonchev–Trinajstić information content (AvgIpc) is 2.79. The summed E-state index contributed by atoms with van der Waals surface area (Å²) in [6, 6.07) is -5.76. The molecule has 0 unspecified atom stereocenters. The molecule has 1 saturated heterocycles. The Bertz CT molecular complexity index is 749. The predicted molar refractivity (Wildman–Crippen MR) is 109 cm³/mol. The van der Waals surface area contributed by atoms with Crippen LogP contribution in [0.3, 0.4) is 0 Å². The zero-order chi connectivity index (χ0) is 25.5. The summed E-state index contributed by atoms with van der Waals surface area (Å²) in [5.74, 6) is -5.22. The van der Waals surface area contributed by atoms with Gasteiger partial charge in [-0.3, -0.25) is 34.8 Å². The second-order valence-corrected chi connectivity index (χ2v) is 6.74. The van der Waals surface area contributed by atoms with Crippen LogP contribution in [0.1, 0.15) is 6.42 Å². The summed E-state index contributed by atoms with van der Waals surface area (Å²) in [5.41, 5.74) is 3.76. The van der Waals surface area contributed by atoms with Crippen molar-refractivity contribution in [1.82, 2.24) is 32.1 Å². The molecule has 17 nitrogen and oxygen atoms in total. The van der Waals surface area contributed by atoms with E-state index in [2.05, 4.69) is 16.0 Å². The van der Waals surface area contributed by atoms with Crippen LogP contribution in [0.25, 0.3) is 0 Å². The predicted octanol–water partition coefficient (Wildman–Crippen LogP) is -5.72. The van der Waals surface area contributed by atoms with Crippen LogP contribution in [0.5, 0.6) is 0 Å². The number of carboxylic acids is 1. The smallest absolute Gasteiger partial charge is 0.316 e. The van der Waals surface area contributed by atoms with Crippen LogP contribution in [0.4, 0.5) is 4.79 Å². The molecule has 3 atom stereocenters. The molecule has 0 aromatic carbocycles. The first-order valence-electron chi connectivity index (χ1n) is 10.0. The largest absolute Gasteiger partial charge is 0.481 e. The van der Waals surface area contributed by atoms with E-state index in [1.165, 1.54) is 0 Å². The quantitative estimate of drug-likeness (QED) is 0.179. The molecule has 1 fully saturated rings. The third-order valence-electron chi connectivity index (χ3n) is 4.10. The SMILES string of the molecule is O=C(O)C[C@H]1NC(=O)N[C@H](CO)C(=O)NCCOCCOCC(=O)N[C@@H](CO)C(=O)NNC1=O. The topological polar surface area (TPSA) is 254 Å². The number of hydrazine groups is 1. The Morgan fingerprint density at radius 1 is 0.794 bits per heavy atom. The molecule has 1 aliphatic rings. The maximum Gasteiger partial charge on any atom is 0.316 e. The van der Waals surface area contributed by atoms with Gasteiger partial charge in [0.25, 0.3) is 11.8 Å². The third-order valence-corrected chi connectivity index (χ3v) is 4.10. The Balaban J connectivity index is 2.93. The number of aliphatic carboxylic acids is 1. The minimum atomic E-state index is -1.71. The summed E-state index contributed by atoms with van der Waals surface area (Å²) in [5, 5.41) is 36.3. The number of ether oxygens (including phenoxy) is 2. The molecular formula is C17H28N6O11. The normalized spacial score (nSPS) is 24.8. The lowest BCUT2D eigenvalue weighted by Crippen LogP contribution is -2.60. The maximum atomic E-state index is 12.3. The average molecular weight is 492 g/mol. The molecule has 192 valence electrons. The van der Waals surface area contributed by atoms with Crippen LogP contribution in [0.2, 0.25) is 0 Å². The Morgan fingerprint density at radius 3 is 1.97 bits per heavy atom. The van der Waals surface area contributed by atoms with Gasteiger partial charge in [-0.15, -0.1) is 0 Å². The van der Waals surface area contributed by atoms with Crippen molar-refractivity contribution in [2.45, 2.75) is 24.5 Å². The number of carbonyl (C=O) groups excluding carboxylic acids is 5. The van der Waals surface area contributed by atoms with Gasteiger partial charge in [-0.1, -0.05) is 0 Å². The molecule has 1 aliphatic heterocycles. The summed E-state index contributed by atoms with van der Waals surface area (Å²) in [6.07, 6.45) is -0.903. The van der Waals surface area contributed by atoms with Gasteiger partial charge in [0.2, 0.25) is 11.8 Å². The lowest BCUT2D eigenvalue weighted by Gasteiger charge is -2.21. The van der Waals surface area contributed by atoms with E-state index in [0.717, 1.165) is 0 Å². The van der Waals surface area contributed by atoms with Crippen molar-refractivity contribution in [3.05, 3.63) is 0 Å². The molecule has 0 spiro atoms. The van der Waals surface area contributed by atoms with E-state index in [0.29, 0.717) is 0 Å². The number of aliphatic hydroxyl groups excluding tert-OH is 2. The molecule has 34 heavy (non-hydrogen) atoms. The van der Waals surface area contributed by atoms with Crippen LogP contribution in [-0.2, 0) is 33.4 Å². The van der Waals surface area contributed by atoms with Crippen molar-refractivity contribution in [1.29, 1.82) is 0 Å². The van der Waals surface area contributed by atoms with Gasteiger partial charge < -0.3 is 46.1 Å². The van der Waals surface area contributed by atoms with E-state index in [4.69, 9.17) is 14.6 Å². The fourth-order valence-electron chi connectivity index (χ4n) is 2.42. The van der Waals surface area contributed by atoms with Crippen LogP contribution >= 0.6 is 0 Å². The molecule has 1 rings (SSSR count). The first-order chi connectivity index (χ1) is 16.2. The molecule has 0 aromatic rings. The van der Waals surface area contributed by atoms with Gasteiger partial charge in [-0.2, -0.15) is 0 Å². The van der Waals surface area contributed by atoms with Crippen molar-refractivity contribution in [2.24, 2.45) is 0 Å². The first kappa shape index (κ1) is 28.5. The first-order valence-corrected chi connectivity index (χ1v) is 10.0. The summed E-state index contributed by atoms with van der Waals surface area (Å²) in [4.78, 5) is 71.5. The van der Waals surface area contributed by atoms with Gasteiger partial charge in [0, 0.05) is 6.54 Å². The molecule has 0 aromatic heterocycles. The molecule has 17 heteroatoms. The Labute approximate surface area is 192 Å². The number of carbonyl (C=O) groups is 6. The molecule has 0 radical (unpaired) electrons. The highest BCUT2D eigenvalue weighted by atomic mass is 16.5. The summed E-state index contributed by atoms with van der Waals surface area (Å²) in [6.45, 7) is -1.99. The van der Waals surface area contributed by atoms with Crippen LogP contribution in [0, 0.1) is 0 Å². The van der Waals surface area contributed by atoms with Gasteiger partial charge in [0.15, 0.2) is 0 Å². The van der Waals surface area contributed by atoms with E-state index in [9.17, 15) is 39.0 Å². The van der Waals surface area contributed by atoms with Crippen molar-refractivity contribution in [3.8, 4) is 0 Å². The minimum absolute atomic E-state index is 0.000626. The molecular weight excluding hydrogens is 464 g/mol. The molecule has 1 heterocycles. The fourth-order valence-corrected chi connectivity index (χ4v) is 2.42. The highest BCUT2D eigenvalue weighted by Gasteiger charge is 2.28. The highest BCUT2D eigenvalue weighted by Crippen LogP contribution is 1.95. The second-order valence-electron chi connectivity index (χ2n) is 6.74. The van der Waals surface area contributed by atoms with E-state index in [1.807, 2.05) is 16.2 Å². The van der Waals surface area contributed by atoms with Crippen molar-refractivity contribution < 1.29 is 53.6 Å². The van der Waals surface area contributed by atoms with Crippen LogP contribution in [-0.4, -0.2) is 115 Å². The van der Waals surface area contributed by atoms with E-state index in [-0.39, 0.29) is 26.4 Å². The molecule has 0 aliphatic carbocycles. The standard InChI is InChI=1S/C17H28N6O11/c24-6-10-14(29)18-1-2-33-3-4-34-8-12(26)19-11(7-25)16(31)23-22-15(30)9(5-13(27)28)20-17(32)21-10/h9-11,24-25H,1-8H2,(H,18,29)(H,19,26)(H,22,30)(H,23,31)(H,27,28)(H2,20,21,32)/t9-,10-,11+/m1/s1. The van der Waals surface area contributed by atoms with Crippen molar-refractivity contribution >= 4 is 35.6 Å². The molecule has 6 amide bonds. The van der Waals surface area contributed by atoms with Gasteiger partial charge >= 0.3 is 12.0 Å². The number of hydrogen-bond donors (Lipinski definition) is 9. The highest BCUT2D eigenvalue weighted by molar-refractivity contribution is 5.94. The fraction of sp³-hybridized carbons (Fsp3) is 0.647. The number of nitrogens with one attached hydrogen (secondary N) is 6. The van der Waals surface area contributed by atoms with E-state index in [1.54, 1.807) is 0 Å². The zero-order valence-electron chi connectivity index (χ0n) is 18.0. The Hall–Kier alpha value is -3.54. The van der Waals surface area contributed by atoms with Gasteiger partial charge in [0.1, 0.15) is 24.7 Å². The molecule has 9 N–H and O–H groups in total. The Kier molecular flexibility index (Phi) is 12.8. The van der Waals surface area contributed by atoms with Gasteiger partial charge in [0.05, 0.1) is 39.5 Å². The van der Waals surface area contributed by atoms with E-state index >= 15 is 0 Å². The Morgan fingerprint density at radius 2 is 1.35 bits per heavy atom. The summed E-state index contributed by atoms with van der Waals surface area (Å²) >= 11 is 0. The number of aliphatic hydroxyl groups is 2. The zero-order valence-corrected chi connectivity index (χ0v) is 18.0. The van der Waals surface area contributed by atoms with E-state index < -0.39 is 80.0 Å². The number of rotatable bonds is 4. The number of amides is 6. The molecule has 0 saturated carbocycles. The van der Waals surface area contributed by atoms with Crippen molar-refractivity contribution in [3.63, 3.8) is 0 Å². The van der Waals surface area contributed by atoms with Gasteiger partial charge in [-0.05, 0) is 0 Å². The van der Waals surface area contributed by atoms with Crippen LogP contribution in [0.15, 0.2) is 0 Å². The number of hydrogen-bond acceptors (Lipinski definition) is 10. The third kappa shape index (κ3) is 10.9. The number of urea groups is 1. The number of carboxylic acid groups (broad SMARTS) is 1. The lowest BCUT2D eigenvalue weighted by atomic mass is 10.2. The lowest BCUT2D eigenvalue weighted by molar-refractivity contribution is -0.140. The minimum Gasteiger partial charge on any atom is -0.481 e. The second kappa shape index (κ2) is 15.3. The monoisotopic (exact) mass is 492 g/mol. The summed E-state index contributed by atoms with van der Waals surface area (Å²) in [7, 11) is 0. The molecule has 0 bridgehead atoms. The van der Waals surface area contributed by atoms with Crippen molar-refractivity contribution in [2.75, 3.05) is 46.2 Å².